The number of furan rings is 1. The molecule has 0 unspecified atom stereocenters. The van der Waals surface area contributed by atoms with Crippen molar-refractivity contribution in [1.29, 1.82) is 0 Å². The highest BCUT2D eigenvalue weighted by Crippen LogP contribution is 2.37. The van der Waals surface area contributed by atoms with Crippen LogP contribution in [-0.2, 0) is 0 Å². The normalized spacial score (nSPS) is 10.9. The fraction of sp³-hybridized carbons (Fsp3) is 0.0769. The summed E-state index contributed by atoms with van der Waals surface area (Å²) < 4.78 is 6.68. The minimum Gasteiger partial charge on any atom is -0.436 e. The summed E-state index contributed by atoms with van der Waals surface area (Å²) in [6.07, 6.45) is 1.52. The van der Waals surface area contributed by atoms with E-state index in [4.69, 9.17) is 4.42 Å². The third kappa shape index (κ3) is 1.65. The van der Waals surface area contributed by atoms with Gasteiger partial charge in [-0.15, -0.1) is 0 Å². The second-order valence-electron chi connectivity index (χ2n) is 3.75. The summed E-state index contributed by atoms with van der Waals surface area (Å²) in [5, 5.41) is 0.936. The van der Waals surface area contributed by atoms with Gasteiger partial charge in [0.1, 0.15) is 6.33 Å². The summed E-state index contributed by atoms with van der Waals surface area (Å²) in [7, 11) is 0. The van der Waals surface area contributed by atoms with Crippen LogP contribution >= 0.6 is 15.9 Å². The van der Waals surface area contributed by atoms with Gasteiger partial charge in [-0.1, -0.05) is 30.3 Å². The zero-order valence-corrected chi connectivity index (χ0v) is 10.7. The van der Waals surface area contributed by atoms with Crippen molar-refractivity contribution < 1.29 is 4.42 Å². The minimum absolute atomic E-state index is 0.614. The van der Waals surface area contributed by atoms with E-state index in [1.165, 1.54) is 6.33 Å². The Morgan fingerprint density at radius 3 is 2.59 bits per heavy atom. The Balaban J connectivity index is 2.33. The molecule has 0 saturated heterocycles. The first-order valence-corrected chi connectivity index (χ1v) is 6.01. The highest BCUT2D eigenvalue weighted by molar-refractivity contribution is 9.10. The van der Waals surface area contributed by atoms with Gasteiger partial charge in [-0.25, -0.2) is 9.97 Å². The molecule has 4 heteroatoms. The second kappa shape index (κ2) is 3.96. The third-order valence-electron chi connectivity index (χ3n) is 2.66. The minimum atomic E-state index is 0.614. The fourth-order valence-electron chi connectivity index (χ4n) is 1.81. The van der Waals surface area contributed by atoms with E-state index in [1.54, 1.807) is 0 Å². The summed E-state index contributed by atoms with van der Waals surface area (Å²) in [4.78, 5) is 8.32. The first-order valence-electron chi connectivity index (χ1n) is 5.22. The molecular weight excluding hydrogens is 280 g/mol. The molecule has 84 valence electrons. The van der Waals surface area contributed by atoms with Crippen LogP contribution in [0.15, 0.2) is 45.5 Å². The fourth-order valence-corrected chi connectivity index (χ4v) is 2.58. The molecule has 0 bridgehead atoms. The number of aromatic nitrogens is 2. The highest BCUT2D eigenvalue weighted by Gasteiger charge is 2.16. The van der Waals surface area contributed by atoms with Crippen LogP contribution in [0.4, 0.5) is 0 Å². The molecule has 2 heterocycles. The smallest absolute Gasteiger partial charge is 0.231 e. The molecular formula is C13H9BrN2O. The lowest BCUT2D eigenvalue weighted by Gasteiger charge is -1.96. The Morgan fingerprint density at radius 1 is 1.12 bits per heavy atom. The molecule has 0 fully saturated rings. The van der Waals surface area contributed by atoms with E-state index in [9.17, 15) is 0 Å². The van der Waals surface area contributed by atoms with Gasteiger partial charge in [0.2, 0.25) is 5.71 Å². The van der Waals surface area contributed by atoms with Crippen molar-refractivity contribution >= 4 is 27.0 Å². The van der Waals surface area contributed by atoms with E-state index in [0.29, 0.717) is 5.71 Å². The van der Waals surface area contributed by atoms with E-state index in [-0.39, 0.29) is 0 Å². The molecule has 1 aromatic carbocycles. The number of aryl methyl sites for hydroxylation is 1. The predicted octanol–water partition coefficient (Wildman–Crippen LogP) is 3.96. The average Bonchev–Trinajstić information content (AvgIpc) is 2.69. The average molecular weight is 289 g/mol. The molecule has 0 N–H and O–H groups in total. The molecule has 3 rings (SSSR count). The lowest BCUT2D eigenvalue weighted by Crippen LogP contribution is -1.83. The molecule has 2 aromatic heterocycles. The summed E-state index contributed by atoms with van der Waals surface area (Å²) in [6, 6.07) is 9.95. The molecule has 0 aliphatic heterocycles. The van der Waals surface area contributed by atoms with Crippen LogP contribution in [0.1, 0.15) is 5.69 Å². The van der Waals surface area contributed by atoms with Gasteiger partial charge in [-0.2, -0.15) is 0 Å². The number of rotatable bonds is 1. The van der Waals surface area contributed by atoms with Crippen molar-refractivity contribution in [3.05, 3.63) is 46.8 Å². The van der Waals surface area contributed by atoms with Crippen molar-refractivity contribution in [3.63, 3.8) is 0 Å². The number of hydrogen-bond acceptors (Lipinski definition) is 3. The Bertz CT molecular complexity index is 676. The van der Waals surface area contributed by atoms with Gasteiger partial charge in [0.15, 0.2) is 5.76 Å². The van der Waals surface area contributed by atoms with Crippen LogP contribution in [-0.4, -0.2) is 9.97 Å². The number of fused-ring (bicyclic) bond motifs is 1. The zero-order valence-electron chi connectivity index (χ0n) is 9.14. The second-order valence-corrected chi connectivity index (χ2v) is 4.54. The maximum absolute atomic E-state index is 5.77. The Kier molecular flexibility index (Phi) is 2.44. The van der Waals surface area contributed by atoms with Crippen molar-refractivity contribution in [2.75, 3.05) is 0 Å². The largest absolute Gasteiger partial charge is 0.436 e. The molecule has 3 aromatic rings. The number of halogens is 1. The van der Waals surface area contributed by atoms with Crippen molar-refractivity contribution in [2.24, 2.45) is 0 Å². The van der Waals surface area contributed by atoms with E-state index < -0.39 is 0 Å². The van der Waals surface area contributed by atoms with Crippen LogP contribution in [0.5, 0.6) is 0 Å². The third-order valence-corrected chi connectivity index (χ3v) is 3.41. The molecule has 0 amide bonds. The van der Waals surface area contributed by atoms with Gasteiger partial charge in [0.25, 0.3) is 0 Å². The Hall–Kier alpha value is -1.68. The molecule has 17 heavy (non-hydrogen) atoms. The molecule has 3 nitrogen and oxygen atoms in total. The molecule has 0 spiro atoms. The maximum atomic E-state index is 5.77. The topological polar surface area (TPSA) is 38.9 Å². The first-order chi connectivity index (χ1) is 8.27. The predicted molar refractivity (Wildman–Crippen MR) is 69.7 cm³/mol. The maximum Gasteiger partial charge on any atom is 0.231 e. The van der Waals surface area contributed by atoms with Gasteiger partial charge in [-0.05, 0) is 22.9 Å². The molecule has 0 atom stereocenters. The van der Waals surface area contributed by atoms with Crippen molar-refractivity contribution in [3.8, 4) is 11.3 Å². The SMILES string of the molecule is Cc1ncnc2oc(-c3ccccc3)c(Br)c12. The van der Waals surface area contributed by atoms with Gasteiger partial charge in [0, 0.05) is 5.56 Å². The van der Waals surface area contributed by atoms with E-state index in [2.05, 4.69) is 25.9 Å². The zero-order chi connectivity index (χ0) is 11.8. The van der Waals surface area contributed by atoms with Gasteiger partial charge in [0.05, 0.1) is 15.6 Å². The standard InChI is InChI=1S/C13H9BrN2O/c1-8-10-11(14)12(9-5-3-2-4-6-9)17-13(10)16-7-15-8/h2-7H,1H3. The van der Waals surface area contributed by atoms with Crippen molar-refractivity contribution in [1.82, 2.24) is 9.97 Å². The van der Waals surface area contributed by atoms with Crippen LogP contribution in [0.25, 0.3) is 22.4 Å². The summed E-state index contributed by atoms with van der Waals surface area (Å²) in [5.74, 6) is 0.796. The van der Waals surface area contributed by atoms with Crippen LogP contribution in [0, 0.1) is 6.92 Å². The van der Waals surface area contributed by atoms with Crippen molar-refractivity contribution in [2.45, 2.75) is 6.92 Å². The van der Waals surface area contributed by atoms with Crippen LogP contribution < -0.4 is 0 Å². The lowest BCUT2D eigenvalue weighted by atomic mass is 10.1. The summed E-state index contributed by atoms with van der Waals surface area (Å²) in [5.41, 5.74) is 2.55. The number of hydrogen-bond donors (Lipinski definition) is 0. The van der Waals surface area contributed by atoms with Crippen LogP contribution in [0.3, 0.4) is 0 Å². The quantitative estimate of drug-likeness (QED) is 0.680. The summed E-state index contributed by atoms with van der Waals surface area (Å²) >= 11 is 3.57. The number of nitrogens with zero attached hydrogens (tertiary/aromatic N) is 2. The van der Waals surface area contributed by atoms with Gasteiger partial charge < -0.3 is 4.42 Å². The molecule has 0 aliphatic carbocycles. The van der Waals surface area contributed by atoms with Gasteiger partial charge >= 0.3 is 0 Å². The monoisotopic (exact) mass is 288 g/mol. The Labute approximate surface area is 107 Å². The van der Waals surface area contributed by atoms with Crippen LogP contribution in [0.2, 0.25) is 0 Å². The van der Waals surface area contributed by atoms with Gasteiger partial charge in [-0.3, -0.25) is 0 Å². The van der Waals surface area contributed by atoms with E-state index >= 15 is 0 Å². The lowest BCUT2D eigenvalue weighted by molar-refractivity contribution is 0.615. The van der Waals surface area contributed by atoms with E-state index in [0.717, 1.165) is 26.9 Å². The van der Waals surface area contributed by atoms with E-state index in [1.807, 2.05) is 37.3 Å². The Morgan fingerprint density at radius 2 is 1.88 bits per heavy atom. The molecule has 0 radical (unpaired) electrons. The molecule has 0 aliphatic rings. The summed E-state index contributed by atoms with van der Waals surface area (Å²) in [6.45, 7) is 1.94. The highest BCUT2D eigenvalue weighted by atomic mass is 79.9. The first kappa shape index (κ1) is 10.5. The molecule has 0 saturated carbocycles. The number of benzene rings is 1.